The van der Waals surface area contributed by atoms with E-state index >= 15 is 0 Å². The van der Waals surface area contributed by atoms with E-state index in [1.165, 1.54) is 0 Å². The summed E-state index contributed by atoms with van der Waals surface area (Å²) < 4.78 is 6.51. The SMILES string of the molecule is CC(=O)Cc1cc2cc(Br)ccc2o1. The highest BCUT2D eigenvalue weighted by Gasteiger charge is 2.05. The molecule has 2 aromatic rings. The lowest BCUT2D eigenvalue weighted by Gasteiger charge is -1.88. The molecule has 0 saturated carbocycles. The van der Waals surface area contributed by atoms with Gasteiger partial charge >= 0.3 is 0 Å². The molecule has 0 unspecified atom stereocenters. The molecule has 0 aliphatic carbocycles. The lowest BCUT2D eigenvalue weighted by molar-refractivity contribution is -0.116. The number of ketones is 1. The second-order valence-electron chi connectivity index (χ2n) is 3.27. The first-order chi connectivity index (χ1) is 6.65. The van der Waals surface area contributed by atoms with Crippen LogP contribution in [0.3, 0.4) is 0 Å². The molecular formula is C11H9BrO2. The first kappa shape index (κ1) is 9.46. The smallest absolute Gasteiger partial charge is 0.137 e. The van der Waals surface area contributed by atoms with Crippen molar-refractivity contribution >= 4 is 32.7 Å². The minimum Gasteiger partial charge on any atom is -0.461 e. The molecule has 0 radical (unpaired) electrons. The minimum absolute atomic E-state index is 0.114. The molecule has 2 rings (SSSR count). The van der Waals surface area contributed by atoms with E-state index in [1.807, 2.05) is 24.3 Å². The molecule has 0 aliphatic heterocycles. The second kappa shape index (κ2) is 3.58. The number of furan rings is 1. The highest BCUT2D eigenvalue weighted by Crippen LogP contribution is 2.23. The standard InChI is InChI=1S/C11H9BrO2/c1-7(13)4-10-6-8-5-9(12)2-3-11(8)14-10/h2-3,5-6H,4H2,1H3. The third-order valence-corrected chi connectivity index (χ3v) is 2.45. The van der Waals surface area contributed by atoms with Crippen molar-refractivity contribution in [3.63, 3.8) is 0 Å². The Morgan fingerprint density at radius 1 is 1.43 bits per heavy atom. The highest BCUT2D eigenvalue weighted by atomic mass is 79.9. The molecule has 0 atom stereocenters. The zero-order valence-electron chi connectivity index (χ0n) is 7.71. The Morgan fingerprint density at radius 3 is 2.93 bits per heavy atom. The monoisotopic (exact) mass is 252 g/mol. The van der Waals surface area contributed by atoms with Crippen molar-refractivity contribution in [3.8, 4) is 0 Å². The number of carbonyl (C=O) groups is 1. The van der Waals surface area contributed by atoms with Gasteiger partial charge in [0.05, 0.1) is 6.42 Å². The molecule has 0 amide bonds. The zero-order valence-corrected chi connectivity index (χ0v) is 9.30. The summed E-state index contributed by atoms with van der Waals surface area (Å²) in [5, 5.41) is 1.02. The quantitative estimate of drug-likeness (QED) is 0.821. The molecule has 1 aromatic heterocycles. The first-order valence-electron chi connectivity index (χ1n) is 4.32. The van der Waals surface area contributed by atoms with Crippen LogP contribution >= 0.6 is 15.9 Å². The molecule has 2 nitrogen and oxygen atoms in total. The fourth-order valence-electron chi connectivity index (χ4n) is 1.40. The molecule has 14 heavy (non-hydrogen) atoms. The van der Waals surface area contributed by atoms with Crippen molar-refractivity contribution in [2.75, 3.05) is 0 Å². The second-order valence-corrected chi connectivity index (χ2v) is 4.19. The van der Waals surface area contributed by atoms with Crippen molar-refractivity contribution < 1.29 is 9.21 Å². The predicted octanol–water partition coefficient (Wildman–Crippen LogP) is 3.33. The molecule has 0 aliphatic rings. The van der Waals surface area contributed by atoms with Crippen LogP contribution in [0.2, 0.25) is 0 Å². The van der Waals surface area contributed by atoms with Crippen LogP contribution in [0.25, 0.3) is 11.0 Å². The van der Waals surface area contributed by atoms with Gasteiger partial charge in [-0.2, -0.15) is 0 Å². The lowest BCUT2D eigenvalue weighted by Crippen LogP contribution is -1.93. The third kappa shape index (κ3) is 1.87. The van der Waals surface area contributed by atoms with Crippen molar-refractivity contribution in [2.45, 2.75) is 13.3 Å². The number of hydrogen-bond acceptors (Lipinski definition) is 2. The molecule has 0 fully saturated rings. The van der Waals surface area contributed by atoms with Crippen molar-refractivity contribution in [2.24, 2.45) is 0 Å². The van der Waals surface area contributed by atoms with E-state index in [2.05, 4.69) is 15.9 Å². The van der Waals surface area contributed by atoms with Crippen LogP contribution in [-0.2, 0) is 11.2 Å². The van der Waals surface area contributed by atoms with Crippen LogP contribution in [0.15, 0.2) is 33.2 Å². The van der Waals surface area contributed by atoms with E-state index in [4.69, 9.17) is 4.42 Å². The van der Waals surface area contributed by atoms with Gasteiger partial charge in [-0.1, -0.05) is 15.9 Å². The van der Waals surface area contributed by atoms with Crippen LogP contribution in [0.4, 0.5) is 0 Å². The van der Waals surface area contributed by atoms with E-state index < -0.39 is 0 Å². The average Bonchev–Trinajstić information content (AvgIpc) is 2.44. The van der Waals surface area contributed by atoms with Gasteiger partial charge in [-0.25, -0.2) is 0 Å². The summed E-state index contributed by atoms with van der Waals surface area (Å²) in [5.41, 5.74) is 0.824. The maximum atomic E-state index is 10.9. The van der Waals surface area contributed by atoms with E-state index in [0.717, 1.165) is 21.2 Å². The number of carbonyl (C=O) groups excluding carboxylic acids is 1. The Balaban J connectivity index is 2.46. The van der Waals surface area contributed by atoms with Crippen LogP contribution in [0.5, 0.6) is 0 Å². The topological polar surface area (TPSA) is 30.2 Å². The predicted molar refractivity (Wildman–Crippen MR) is 58.3 cm³/mol. The Hall–Kier alpha value is -1.09. The van der Waals surface area contributed by atoms with Crippen LogP contribution < -0.4 is 0 Å². The number of Topliss-reactive ketones (excluding diaryl/α,β-unsaturated/α-hetero) is 1. The first-order valence-corrected chi connectivity index (χ1v) is 5.12. The van der Waals surface area contributed by atoms with E-state index in [-0.39, 0.29) is 5.78 Å². The number of hydrogen-bond donors (Lipinski definition) is 0. The number of benzene rings is 1. The summed E-state index contributed by atoms with van der Waals surface area (Å²) in [7, 11) is 0. The van der Waals surface area contributed by atoms with Crippen molar-refractivity contribution in [1.29, 1.82) is 0 Å². The molecule has 0 bridgehead atoms. The zero-order chi connectivity index (χ0) is 10.1. The summed E-state index contributed by atoms with van der Waals surface area (Å²) in [6.45, 7) is 1.56. The number of halogens is 1. The molecule has 1 heterocycles. The summed E-state index contributed by atoms with van der Waals surface area (Å²) in [6, 6.07) is 7.69. The molecule has 3 heteroatoms. The fraction of sp³-hybridized carbons (Fsp3) is 0.182. The maximum absolute atomic E-state index is 10.9. The van der Waals surface area contributed by atoms with Gasteiger partial charge in [0.1, 0.15) is 17.1 Å². The molecule has 0 saturated heterocycles. The molecule has 1 aromatic carbocycles. The van der Waals surface area contributed by atoms with Gasteiger partial charge in [-0.3, -0.25) is 4.79 Å². The number of fused-ring (bicyclic) bond motifs is 1. The molecular weight excluding hydrogens is 244 g/mol. The Bertz CT molecular complexity index is 485. The van der Waals surface area contributed by atoms with Gasteiger partial charge in [0.25, 0.3) is 0 Å². The largest absolute Gasteiger partial charge is 0.461 e. The molecule has 0 N–H and O–H groups in total. The van der Waals surface area contributed by atoms with Crippen LogP contribution in [-0.4, -0.2) is 5.78 Å². The fourth-order valence-corrected chi connectivity index (χ4v) is 1.78. The molecule has 0 spiro atoms. The summed E-state index contributed by atoms with van der Waals surface area (Å²) >= 11 is 3.38. The van der Waals surface area contributed by atoms with Gasteiger partial charge in [0.2, 0.25) is 0 Å². The van der Waals surface area contributed by atoms with E-state index in [0.29, 0.717) is 6.42 Å². The normalized spacial score (nSPS) is 10.7. The Kier molecular flexibility index (Phi) is 2.42. The van der Waals surface area contributed by atoms with E-state index in [1.54, 1.807) is 6.92 Å². The Labute approximate surface area is 90.0 Å². The molecule has 72 valence electrons. The average molecular weight is 253 g/mol. The van der Waals surface area contributed by atoms with Gasteiger partial charge in [0, 0.05) is 9.86 Å². The summed E-state index contributed by atoms with van der Waals surface area (Å²) in [6.07, 6.45) is 0.367. The van der Waals surface area contributed by atoms with Crippen molar-refractivity contribution in [3.05, 3.63) is 34.5 Å². The van der Waals surface area contributed by atoms with Gasteiger partial charge in [-0.15, -0.1) is 0 Å². The van der Waals surface area contributed by atoms with Gasteiger partial charge in [0.15, 0.2) is 0 Å². The Morgan fingerprint density at radius 2 is 2.21 bits per heavy atom. The van der Waals surface area contributed by atoms with E-state index in [9.17, 15) is 4.79 Å². The van der Waals surface area contributed by atoms with Crippen molar-refractivity contribution in [1.82, 2.24) is 0 Å². The third-order valence-electron chi connectivity index (χ3n) is 1.95. The lowest BCUT2D eigenvalue weighted by atomic mass is 10.2. The van der Waals surface area contributed by atoms with Crippen LogP contribution in [0, 0.1) is 0 Å². The number of rotatable bonds is 2. The minimum atomic E-state index is 0.114. The summed E-state index contributed by atoms with van der Waals surface area (Å²) in [4.78, 5) is 10.9. The highest BCUT2D eigenvalue weighted by molar-refractivity contribution is 9.10. The van der Waals surface area contributed by atoms with Gasteiger partial charge in [-0.05, 0) is 31.2 Å². The van der Waals surface area contributed by atoms with Crippen LogP contribution in [0.1, 0.15) is 12.7 Å². The van der Waals surface area contributed by atoms with Gasteiger partial charge < -0.3 is 4.42 Å². The maximum Gasteiger partial charge on any atom is 0.137 e. The summed E-state index contributed by atoms with van der Waals surface area (Å²) in [5.74, 6) is 0.841.